The number of carbonyl (C=O) groups is 2. The van der Waals surface area contributed by atoms with Gasteiger partial charge in [-0.1, -0.05) is 0 Å². The molecule has 1 aliphatic rings. The van der Waals surface area contributed by atoms with Crippen molar-refractivity contribution in [1.82, 2.24) is 15.5 Å². The molecule has 1 fully saturated rings. The van der Waals surface area contributed by atoms with Crippen molar-refractivity contribution >= 4 is 12.2 Å². The predicted octanol–water partition coefficient (Wildman–Crippen LogP) is 0.870. The molecule has 0 aromatic heterocycles. The summed E-state index contributed by atoms with van der Waals surface area (Å²) in [6, 6.07) is 0.100. The maximum atomic E-state index is 11.7. The molecule has 128 valence electrons. The molecule has 1 atom stereocenters. The normalized spacial score (nSPS) is 19.0. The Morgan fingerprint density at radius 3 is 2.68 bits per heavy atom. The van der Waals surface area contributed by atoms with Crippen LogP contribution in [-0.4, -0.2) is 73.2 Å². The van der Waals surface area contributed by atoms with E-state index in [2.05, 4.69) is 15.5 Å². The smallest absolute Gasteiger partial charge is 0.407 e. The number of hydrogen-bond acceptors (Lipinski definition) is 5. The van der Waals surface area contributed by atoms with Gasteiger partial charge < -0.3 is 25.2 Å². The zero-order valence-corrected chi connectivity index (χ0v) is 13.6. The Balaban J connectivity index is 2.08. The minimum Gasteiger partial charge on any atom is -0.465 e. The first-order valence-corrected chi connectivity index (χ1v) is 7.52. The summed E-state index contributed by atoms with van der Waals surface area (Å²) in [5.74, 6) is 0. The summed E-state index contributed by atoms with van der Waals surface area (Å²) < 4.78 is 10.6. The van der Waals surface area contributed by atoms with Crippen molar-refractivity contribution in [1.29, 1.82) is 0 Å². The van der Waals surface area contributed by atoms with Crippen LogP contribution in [0.3, 0.4) is 0 Å². The lowest BCUT2D eigenvalue weighted by Crippen LogP contribution is -2.40. The molecule has 1 rings (SSSR count). The first kappa shape index (κ1) is 18.5. The number of amides is 2. The lowest BCUT2D eigenvalue weighted by molar-refractivity contribution is 0.0504. The molecular formula is C14H27N3O5. The SMILES string of the molecule is CC(C)(C)OC(=O)NC1CCN(CCOCCNC(=O)O)C1. The Morgan fingerprint density at radius 2 is 2.05 bits per heavy atom. The molecule has 22 heavy (non-hydrogen) atoms. The average Bonchev–Trinajstić information content (AvgIpc) is 2.78. The average molecular weight is 317 g/mol. The van der Waals surface area contributed by atoms with Gasteiger partial charge in [-0.3, -0.25) is 4.90 Å². The molecule has 0 aliphatic carbocycles. The van der Waals surface area contributed by atoms with Crippen molar-refractivity contribution in [3.8, 4) is 0 Å². The Labute approximate surface area is 131 Å². The molecule has 2 amide bonds. The standard InChI is InChI=1S/C14H27N3O5/c1-14(2,3)22-13(20)16-11-4-6-17(10-11)7-9-21-8-5-15-12(18)19/h11,15H,4-10H2,1-3H3,(H,16,20)(H,18,19). The van der Waals surface area contributed by atoms with Crippen LogP contribution in [0.15, 0.2) is 0 Å². The lowest BCUT2D eigenvalue weighted by atomic mass is 10.2. The molecule has 1 aliphatic heterocycles. The van der Waals surface area contributed by atoms with Crippen molar-refractivity contribution in [3.63, 3.8) is 0 Å². The summed E-state index contributed by atoms with van der Waals surface area (Å²) in [6.07, 6.45) is -0.533. The van der Waals surface area contributed by atoms with Crippen molar-refractivity contribution < 1.29 is 24.2 Å². The zero-order chi connectivity index (χ0) is 16.6. The largest absolute Gasteiger partial charge is 0.465 e. The Bertz CT molecular complexity index is 370. The van der Waals surface area contributed by atoms with E-state index in [1.165, 1.54) is 0 Å². The van der Waals surface area contributed by atoms with E-state index in [1.54, 1.807) is 0 Å². The van der Waals surface area contributed by atoms with Gasteiger partial charge >= 0.3 is 12.2 Å². The van der Waals surface area contributed by atoms with Crippen molar-refractivity contribution in [3.05, 3.63) is 0 Å². The summed E-state index contributed by atoms with van der Waals surface area (Å²) in [5, 5.41) is 13.5. The van der Waals surface area contributed by atoms with Gasteiger partial charge in [-0.2, -0.15) is 0 Å². The number of nitrogens with one attached hydrogen (secondary N) is 2. The highest BCUT2D eigenvalue weighted by Crippen LogP contribution is 2.11. The van der Waals surface area contributed by atoms with Crippen LogP contribution >= 0.6 is 0 Å². The van der Waals surface area contributed by atoms with E-state index >= 15 is 0 Å². The molecule has 3 N–H and O–H groups in total. The maximum absolute atomic E-state index is 11.7. The van der Waals surface area contributed by atoms with Gasteiger partial charge in [0.15, 0.2) is 0 Å². The fourth-order valence-electron chi connectivity index (χ4n) is 2.15. The molecule has 0 spiro atoms. The molecule has 0 aromatic rings. The van der Waals surface area contributed by atoms with Gasteiger partial charge in [-0.15, -0.1) is 0 Å². The number of alkyl carbamates (subject to hydrolysis) is 1. The third kappa shape index (κ3) is 8.68. The van der Waals surface area contributed by atoms with Crippen LogP contribution in [0.5, 0.6) is 0 Å². The Kier molecular flexibility index (Phi) is 7.40. The van der Waals surface area contributed by atoms with E-state index < -0.39 is 11.7 Å². The van der Waals surface area contributed by atoms with Crippen molar-refractivity contribution in [2.24, 2.45) is 0 Å². The van der Waals surface area contributed by atoms with Gasteiger partial charge in [0.05, 0.1) is 13.2 Å². The monoisotopic (exact) mass is 317 g/mol. The molecule has 1 heterocycles. The first-order valence-electron chi connectivity index (χ1n) is 7.52. The van der Waals surface area contributed by atoms with Crippen molar-refractivity contribution in [2.75, 3.05) is 39.4 Å². The predicted molar refractivity (Wildman–Crippen MR) is 81.1 cm³/mol. The number of nitrogens with zero attached hydrogens (tertiary/aromatic N) is 1. The number of hydrogen-bond donors (Lipinski definition) is 3. The van der Waals surface area contributed by atoms with E-state index in [1.807, 2.05) is 20.8 Å². The number of ether oxygens (including phenoxy) is 2. The Morgan fingerprint density at radius 1 is 1.32 bits per heavy atom. The molecular weight excluding hydrogens is 290 g/mol. The third-order valence-electron chi connectivity index (χ3n) is 3.07. The second-order valence-electron chi connectivity index (χ2n) is 6.28. The number of carboxylic acid groups (broad SMARTS) is 1. The van der Waals surface area contributed by atoms with E-state index in [0.717, 1.165) is 26.1 Å². The van der Waals surface area contributed by atoms with Crippen LogP contribution in [0.1, 0.15) is 27.2 Å². The highest BCUT2D eigenvalue weighted by Gasteiger charge is 2.25. The number of carbonyl (C=O) groups excluding carboxylic acids is 1. The molecule has 8 heteroatoms. The van der Waals surface area contributed by atoms with Gasteiger partial charge in [-0.05, 0) is 27.2 Å². The van der Waals surface area contributed by atoms with Crippen LogP contribution in [0.4, 0.5) is 9.59 Å². The van der Waals surface area contributed by atoms with Crippen LogP contribution in [0.2, 0.25) is 0 Å². The van der Waals surface area contributed by atoms with Crippen LogP contribution in [-0.2, 0) is 9.47 Å². The van der Waals surface area contributed by atoms with Crippen LogP contribution in [0, 0.1) is 0 Å². The molecule has 0 radical (unpaired) electrons. The fraction of sp³-hybridized carbons (Fsp3) is 0.857. The second-order valence-corrected chi connectivity index (χ2v) is 6.28. The van der Waals surface area contributed by atoms with Gasteiger partial charge in [0.1, 0.15) is 5.60 Å². The van der Waals surface area contributed by atoms with Gasteiger partial charge in [0, 0.05) is 32.2 Å². The molecule has 0 aromatic carbocycles. The van der Waals surface area contributed by atoms with E-state index in [-0.39, 0.29) is 18.7 Å². The quantitative estimate of drug-likeness (QED) is 0.603. The minimum absolute atomic E-state index is 0.100. The number of rotatable bonds is 7. The van der Waals surface area contributed by atoms with Crippen LogP contribution < -0.4 is 10.6 Å². The second kappa shape index (κ2) is 8.79. The van der Waals surface area contributed by atoms with E-state index in [9.17, 15) is 9.59 Å². The van der Waals surface area contributed by atoms with Gasteiger partial charge in [0.25, 0.3) is 0 Å². The van der Waals surface area contributed by atoms with E-state index in [0.29, 0.717) is 13.2 Å². The topological polar surface area (TPSA) is 100 Å². The summed E-state index contributed by atoms with van der Waals surface area (Å²) in [7, 11) is 0. The van der Waals surface area contributed by atoms with Crippen molar-refractivity contribution in [2.45, 2.75) is 38.8 Å². The fourth-order valence-corrected chi connectivity index (χ4v) is 2.15. The summed E-state index contributed by atoms with van der Waals surface area (Å²) in [5.41, 5.74) is -0.486. The third-order valence-corrected chi connectivity index (χ3v) is 3.07. The maximum Gasteiger partial charge on any atom is 0.407 e. The van der Waals surface area contributed by atoms with Gasteiger partial charge in [0.2, 0.25) is 0 Å². The minimum atomic E-state index is -1.04. The van der Waals surface area contributed by atoms with E-state index in [4.69, 9.17) is 14.6 Å². The molecule has 0 saturated carbocycles. The highest BCUT2D eigenvalue weighted by molar-refractivity contribution is 5.68. The lowest BCUT2D eigenvalue weighted by Gasteiger charge is -2.22. The Hall–Kier alpha value is -1.54. The molecule has 0 bridgehead atoms. The molecule has 1 saturated heterocycles. The number of likely N-dealkylation sites (tertiary alicyclic amines) is 1. The summed E-state index contributed by atoms with van der Waals surface area (Å²) >= 11 is 0. The molecule has 8 nitrogen and oxygen atoms in total. The first-order chi connectivity index (χ1) is 10.3. The summed E-state index contributed by atoms with van der Waals surface area (Å²) in [6.45, 7) is 9.14. The highest BCUT2D eigenvalue weighted by atomic mass is 16.6. The van der Waals surface area contributed by atoms with Gasteiger partial charge in [-0.25, -0.2) is 9.59 Å². The molecule has 1 unspecified atom stereocenters. The zero-order valence-electron chi connectivity index (χ0n) is 13.6. The summed E-state index contributed by atoms with van der Waals surface area (Å²) in [4.78, 5) is 24.1. The van der Waals surface area contributed by atoms with Crippen LogP contribution in [0.25, 0.3) is 0 Å².